The fourth-order valence-electron chi connectivity index (χ4n) is 2.34. The van der Waals surface area contributed by atoms with Crippen LogP contribution in [0.25, 0.3) is 0 Å². The van der Waals surface area contributed by atoms with Crippen LogP contribution >= 0.6 is 0 Å². The maximum atomic E-state index is 12.9. The van der Waals surface area contributed by atoms with Crippen LogP contribution in [-0.4, -0.2) is 42.4 Å². The monoisotopic (exact) mass is 218 g/mol. The second kappa shape index (κ2) is 4.04. The zero-order chi connectivity index (χ0) is 10.9. The van der Waals surface area contributed by atoms with Crippen molar-refractivity contribution in [3.05, 3.63) is 0 Å². The molecule has 1 saturated carbocycles. The van der Waals surface area contributed by atoms with Crippen molar-refractivity contribution in [1.29, 1.82) is 0 Å². The fraction of sp³-hybridized carbons (Fsp3) is 0.900. The van der Waals surface area contributed by atoms with Gasteiger partial charge in [0.1, 0.15) is 0 Å². The van der Waals surface area contributed by atoms with Gasteiger partial charge >= 0.3 is 0 Å². The summed E-state index contributed by atoms with van der Waals surface area (Å²) in [6.45, 7) is 1.79. The summed E-state index contributed by atoms with van der Waals surface area (Å²) in [6, 6.07) is 0.0409. The zero-order valence-corrected chi connectivity index (χ0v) is 8.64. The summed E-state index contributed by atoms with van der Waals surface area (Å²) in [7, 11) is 0. The number of alkyl halides is 2. The van der Waals surface area contributed by atoms with E-state index in [4.69, 9.17) is 0 Å². The number of nitrogens with one attached hydrogen (secondary N) is 1. The highest BCUT2D eigenvalue weighted by Gasteiger charge is 2.38. The zero-order valence-electron chi connectivity index (χ0n) is 8.64. The molecular weight excluding hydrogens is 202 g/mol. The van der Waals surface area contributed by atoms with Gasteiger partial charge in [0.05, 0.1) is 6.54 Å². The highest BCUT2D eigenvalue weighted by Crippen LogP contribution is 2.35. The predicted molar refractivity (Wildman–Crippen MR) is 51.8 cm³/mol. The first kappa shape index (κ1) is 10.8. The summed E-state index contributed by atoms with van der Waals surface area (Å²) >= 11 is 0. The number of carbonyl (C=O) groups is 1. The molecule has 0 aromatic heterocycles. The number of rotatable bonds is 1. The maximum Gasteiger partial charge on any atom is 0.248 e. The Balaban J connectivity index is 1.92. The summed E-state index contributed by atoms with van der Waals surface area (Å²) in [5.41, 5.74) is 0. The molecule has 1 saturated heterocycles. The number of amides is 1. The van der Waals surface area contributed by atoms with E-state index in [0.717, 1.165) is 6.54 Å². The Labute approximate surface area is 87.8 Å². The van der Waals surface area contributed by atoms with E-state index in [9.17, 15) is 13.6 Å². The molecule has 15 heavy (non-hydrogen) atoms. The molecule has 1 aliphatic carbocycles. The van der Waals surface area contributed by atoms with E-state index in [0.29, 0.717) is 25.9 Å². The summed E-state index contributed by atoms with van der Waals surface area (Å²) < 4.78 is 25.9. The van der Waals surface area contributed by atoms with E-state index < -0.39 is 5.92 Å². The predicted octanol–water partition coefficient (Wildman–Crippen LogP) is 0.996. The van der Waals surface area contributed by atoms with E-state index in [1.54, 1.807) is 4.90 Å². The molecule has 2 rings (SSSR count). The minimum atomic E-state index is -2.51. The molecule has 5 heteroatoms. The van der Waals surface area contributed by atoms with Crippen LogP contribution in [0.15, 0.2) is 0 Å². The fourth-order valence-corrected chi connectivity index (χ4v) is 2.34. The normalized spacial score (nSPS) is 28.1. The van der Waals surface area contributed by atoms with Gasteiger partial charge in [-0.25, -0.2) is 8.78 Å². The summed E-state index contributed by atoms with van der Waals surface area (Å²) in [5, 5.41) is 2.98. The van der Waals surface area contributed by atoms with Gasteiger partial charge in [0.2, 0.25) is 11.8 Å². The van der Waals surface area contributed by atoms with Crippen LogP contribution in [0.4, 0.5) is 8.78 Å². The molecule has 0 aromatic rings. The van der Waals surface area contributed by atoms with Gasteiger partial charge in [-0.05, 0) is 12.8 Å². The molecule has 2 fully saturated rings. The van der Waals surface area contributed by atoms with Crippen molar-refractivity contribution in [2.45, 2.75) is 37.6 Å². The highest BCUT2D eigenvalue weighted by molar-refractivity contribution is 5.79. The van der Waals surface area contributed by atoms with Crippen LogP contribution in [0.1, 0.15) is 25.7 Å². The van der Waals surface area contributed by atoms with Crippen molar-refractivity contribution in [2.75, 3.05) is 19.6 Å². The van der Waals surface area contributed by atoms with Gasteiger partial charge in [0.15, 0.2) is 0 Å². The molecule has 1 N–H and O–H groups in total. The second-order valence-corrected chi connectivity index (χ2v) is 4.35. The van der Waals surface area contributed by atoms with Crippen LogP contribution < -0.4 is 5.32 Å². The summed E-state index contributed by atoms with van der Waals surface area (Å²) in [5.74, 6) is -2.45. The van der Waals surface area contributed by atoms with Gasteiger partial charge in [0, 0.05) is 32.0 Å². The third kappa shape index (κ3) is 2.45. The largest absolute Gasteiger partial charge is 0.337 e. The number of nitrogens with zero attached hydrogens (tertiary/aromatic N) is 1. The van der Waals surface area contributed by atoms with Crippen molar-refractivity contribution in [1.82, 2.24) is 10.2 Å². The van der Waals surface area contributed by atoms with Crippen molar-refractivity contribution in [3.63, 3.8) is 0 Å². The van der Waals surface area contributed by atoms with E-state index in [1.165, 1.54) is 0 Å². The summed E-state index contributed by atoms with van der Waals surface area (Å²) in [6.07, 6.45) is 0.737. The van der Waals surface area contributed by atoms with Crippen LogP contribution in [0, 0.1) is 0 Å². The Bertz CT molecular complexity index is 248. The van der Waals surface area contributed by atoms with E-state index in [-0.39, 0.29) is 24.8 Å². The lowest BCUT2D eigenvalue weighted by Crippen LogP contribution is -2.53. The van der Waals surface area contributed by atoms with Gasteiger partial charge in [-0.3, -0.25) is 4.79 Å². The molecule has 3 nitrogen and oxygen atoms in total. The lowest BCUT2D eigenvalue weighted by Gasteiger charge is -2.38. The Morgan fingerprint density at radius 2 is 2.00 bits per heavy atom. The SMILES string of the molecule is O=C1CNCCN1C1CCC(F)(F)CC1. The number of piperazine rings is 1. The molecule has 0 spiro atoms. The van der Waals surface area contributed by atoms with Crippen molar-refractivity contribution >= 4 is 5.91 Å². The Morgan fingerprint density at radius 3 is 2.60 bits per heavy atom. The van der Waals surface area contributed by atoms with Gasteiger partial charge in [0.25, 0.3) is 0 Å². The minimum Gasteiger partial charge on any atom is -0.337 e. The molecule has 0 unspecified atom stereocenters. The summed E-state index contributed by atoms with van der Waals surface area (Å²) in [4.78, 5) is 13.3. The molecule has 1 heterocycles. The molecule has 0 radical (unpaired) electrons. The lowest BCUT2D eigenvalue weighted by molar-refractivity contribution is -0.137. The Hall–Kier alpha value is -0.710. The molecular formula is C10H16F2N2O. The number of hydrogen-bond donors (Lipinski definition) is 1. The number of halogens is 2. The molecule has 0 bridgehead atoms. The third-order valence-corrected chi connectivity index (χ3v) is 3.25. The van der Waals surface area contributed by atoms with E-state index in [2.05, 4.69) is 5.32 Å². The maximum absolute atomic E-state index is 12.9. The van der Waals surface area contributed by atoms with Crippen LogP contribution in [0.2, 0.25) is 0 Å². The first-order valence-corrected chi connectivity index (χ1v) is 5.46. The average Bonchev–Trinajstić information content (AvgIpc) is 2.19. The van der Waals surface area contributed by atoms with Gasteiger partial charge in [-0.2, -0.15) is 0 Å². The van der Waals surface area contributed by atoms with E-state index in [1.807, 2.05) is 0 Å². The lowest BCUT2D eigenvalue weighted by atomic mass is 9.91. The quantitative estimate of drug-likeness (QED) is 0.712. The van der Waals surface area contributed by atoms with Crippen LogP contribution in [0.3, 0.4) is 0 Å². The van der Waals surface area contributed by atoms with Crippen molar-refractivity contribution in [2.24, 2.45) is 0 Å². The standard InChI is InChI=1S/C10H16F2N2O/c11-10(12)3-1-8(2-4-10)14-6-5-13-7-9(14)15/h8,13H,1-7H2. The molecule has 1 aliphatic heterocycles. The Morgan fingerprint density at radius 1 is 1.33 bits per heavy atom. The van der Waals surface area contributed by atoms with Crippen LogP contribution in [-0.2, 0) is 4.79 Å². The smallest absolute Gasteiger partial charge is 0.248 e. The first-order valence-electron chi connectivity index (χ1n) is 5.46. The van der Waals surface area contributed by atoms with Gasteiger partial charge in [-0.1, -0.05) is 0 Å². The van der Waals surface area contributed by atoms with Crippen molar-refractivity contribution in [3.8, 4) is 0 Å². The molecule has 1 amide bonds. The molecule has 86 valence electrons. The average molecular weight is 218 g/mol. The molecule has 0 aromatic carbocycles. The molecule has 2 aliphatic rings. The first-order chi connectivity index (χ1) is 7.08. The topological polar surface area (TPSA) is 32.3 Å². The Kier molecular flexibility index (Phi) is 2.91. The number of hydrogen-bond acceptors (Lipinski definition) is 2. The third-order valence-electron chi connectivity index (χ3n) is 3.25. The minimum absolute atomic E-state index is 0.0409. The second-order valence-electron chi connectivity index (χ2n) is 4.35. The highest BCUT2D eigenvalue weighted by atomic mass is 19.3. The van der Waals surface area contributed by atoms with Gasteiger partial charge < -0.3 is 10.2 Å². The molecule has 0 atom stereocenters. The number of carbonyl (C=O) groups excluding carboxylic acids is 1. The van der Waals surface area contributed by atoms with Gasteiger partial charge in [-0.15, -0.1) is 0 Å². The van der Waals surface area contributed by atoms with Crippen LogP contribution in [0.5, 0.6) is 0 Å². The van der Waals surface area contributed by atoms with Crippen molar-refractivity contribution < 1.29 is 13.6 Å². The van der Waals surface area contributed by atoms with E-state index >= 15 is 0 Å².